The third-order valence-electron chi connectivity index (χ3n) is 2.94. The number of rotatable bonds is 6. The summed E-state index contributed by atoms with van der Waals surface area (Å²) in [4.78, 5) is 16.6. The molecule has 1 N–H and O–H groups in total. The first-order valence-corrected chi connectivity index (χ1v) is 6.61. The van der Waals surface area contributed by atoms with Crippen LogP contribution in [0.1, 0.15) is 11.1 Å². The van der Waals surface area contributed by atoms with Crippen LogP contribution in [-0.2, 0) is 13.1 Å². The summed E-state index contributed by atoms with van der Waals surface area (Å²) in [6, 6.07) is 10.5. The summed E-state index contributed by atoms with van der Waals surface area (Å²) in [7, 11) is 4.04. The molecule has 0 saturated heterocycles. The number of pyridine rings is 1. The average molecular weight is 286 g/mol. The van der Waals surface area contributed by atoms with Crippen LogP contribution in [0.2, 0.25) is 0 Å². The van der Waals surface area contributed by atoms with E-state index in [4.69, 9.17) is 0 Å². The molecule has 0 spiro atoms. The number of hydrogen-bond donors (Lipinski definition) is 1. The van der Waals surface area contributed by atoms with Crippen LogP contribution < -0.4 is 5.32 Å². The van der Waals surface area contributed by atoms with E-state index in [1.807, 2.05) is 26.2 Å². The van der Waals surface area contributed by atoms with Crippen LogP contribution >= 0.6 is 0 Å². The van der Waals surface area contributed by atoms with E-state index in [2.05, 4.69) is 15.2 Å². The van der Waals surface area contributed by atoms with Gasteiger partial charge >= 0.3 is 0 Å². The van der Waals surface area contributed by atoms with Gasteiger partial charge in [-0.3, -0.25) is 10.1 Å². The zero-order valence-corrected chi connectivity index (χ0v) is 12.1. The van der Waals surface area contributed by atoms with Crippen LogP contribution in [0, 0.1) is 10.1 Å². The quantitative estimate of drug-likeness (QED) is 0.653. The summed E-state index contributed by atoms with van der Waals surface area (Å²) in [5.74, 6) is 0.799. The van der Waals surface area contributed by atoms with E-state index in [0.717, 1.165) is 17.9 Å². The van der Waals surface area contributed by atoms with Gasteiger partial charge in [0.1, 0.15) is 5.82 Å². The van der Waals surface area contributed by atoms with E-state index >= 15 is 0 Å². The molecule has 2 aromatic rings. The van der Waals surface area contributed by atoms with Crippen molar-refractivity contribution < 1.29 is 4.92 Å². The van der Waals surface area contributed by atoms with Crippen LogP contribution in [0.25, 0.3) is 0 Å². The van der Waals surface area contributed by atoms with Crippen molar-refractivity contribution in [1.29, 1.82) is 0 Å². The van der Waals surface area contributed by atoms with Gasteiger partial charge in [0.2, 0.25) is 0 Å². The summed E-state index contributed by atoms with van der Waals surface area (Å²) < 4.78 is 0. The van der Waals surface area contributed by atoms with Crippen molar-refractivity contribution in [2.45, 2.75) is 13.1 Å². The minimum Gasteiger partial charge on any atom is -0.366 e. The molecule has 0 saturated carbocycles. The van der Waals surface area contributed by atoms with Gasteiger partial charge in [-0.2, -0.15) is 0 Å². The Hall–Kier alpha value is -2.47. The van der Waals surface area contributed by atoms with Gasteiger partial charge in [0.25, 0.3) is 5.69 Å². The summed E-state index contributed by atoms with van der Waals surface area (Å²) in [6.45, 7) is 1.44. The standard InChI is InChI=1S/C15H18N4O2/c1-18(2)11-13-7-8-16-15(9-13)17-10-12-3-5-14(6-4-12)19(20)21/h3-9H,10-11H2,1-2H3,(H,16,17). The molecule has 0 aliphatic rings. The van der Waals surface area contributed by atoms with Gasteiger partial charge in [0.15, 0.2) is 0 Å². The van der Waals surface area contributed by atoms with E-state index in [0.29, 0.717) is 6.54 Å². The van der Waals surface area contributed by atoms with Crippen molar-refractivity contribution in [3.05, 3.63) is 63.8 Å². The van der Waals surface area contributed by atoms with Crippen molar-refractivity contribution in [3.8, 4) is 0 Å². The second-order valence-corrected chi connectivity index (χ2v) is 5.06. The van der Waals surface area contributed by atoms with E-state index < -0.39 is 4.92 Å². The summed E-state index contributed by atoms with van der Waals surface area (Å²) in [5, 5.41) is 13.8. The number of nitro groups is 1. The highest BCUT2D eigenvalue weighted by Crippen LogP contribution is 2.14. The number of non-ortho nitro benzene ring substituents is 1. The molecular formula is C15H18N4O2. The Kier molecular flexibility index (Phi) is 4.84. The molecule has 21 heavy (non-hydrogen) atoms. The number of nitrogens with one attached hydrogen (secondary N) is 1. The minimum absolute atomic E-state index is 0.102. The SMILES string of the molecule is CN(C)Cc1ccnc(NCc2ccc([N+](=O)[O-])cc2)c1. The van der Waals surface area contributed by atoms with Crippen LogP contribution in [-0.4, -0.2) is 28.9 Å². The average Bonchev–Trinajstić information content (AvgIpc) is 2.45. The maximum absolute atomic E-state index is 10.6. The smallest absolute Gasteiger partial charge is 0.269 e. The van der Waals surface area contributed by atoms with Gasteiger partial charge in [0, 0.05) is 31.4 Å². The third kappa shape index (κ3) is 4.54. The first-order chi connectivity index (χ1) is 10.0. The number of nitrogens with zero attached hydrogens (tertiary/aromatic N) is 3. The summed E-state index contributed by atoms with van der Waals surface area (Å²) in [6.07, 6.45) is 1.77. The van der Waals surface area contributed by atoms with Gasteiger partial charge in [-0.15, -0.1) is 0 Å². The van der Waals surface area contributed by atoms with Gasteiger partial charge < -0.3 is 10.2 Å². The summed E-state index contributed by atoms with van der Waals surface area (Å²) in [5.41, 5.74) is 2.26. The maximum Gasteiger partial charge on any atom is 0.269 e. The predicted molar refractivity (Wildman–Crippen MR) is 82.1 cm³/mol. The summed E-state index contributed by atoms with van der Waals surface area (Å²) >= 11 is 0. The molecule has 1 aromatic heterocycles. The van der Waals surface area contributed by atoms with Crippen molar-refractivity contribution in [1.82, 2.24) is 9.88 Å². The van der Waals surface area contributed by atoms with Gasteiger partial charge in [-0.05, 0) is 37.4 Å². The predicted octanol–water partition coefficient (Wildman–Crippen LogP) is 2.66. The number of hydrogen-bond acceptors (Lipinski definition) is 5. The first kappa shape index (κ1) is 14.9. The molecule has 6 heteroatoms. The molecule has 1 heterocycles. The molecule has 0 fully saturated rings. The fourth-order valence-corrected chi connectivity index (χ4v) is 1.96. The largest absolute Gasteiger partial charge is 0.366 e. The number of anilines is 1. The highest BCUT2D eigenvalue weighted by Gasteiger charge is 2.04. The van der Waals surface area contributed by atoms with Crippen LogP contribution in [0.15, 0.2) is 42.6 Å². The molecule has 0 aliphatic heterocycles. The molecule has 110 valence electrons. The molecule has 0 bridgehead atoms. The lowest BCUT2D eigenvalue weighted by molar-refractivity contribution is -0.384. The van der Waals surface area contributed by atoms with Crippen molar-refractivity contribution in [2.24, 2.45) is 0 Å². The second-order valence-electron chi connectivity index (χ2n) is 5.06. The molecule has 0 amide bonds. The van der Waals surface area contributed by atoms with E-state index in [1.165, 1.54) is 17.7 Å². The van der Waals surface area contributed by atoms with Gasteiger partial charge in [0.05, 0.1) is 4.92 Å². The lowest BCUT2D eigenvalue weighted by Gasteiger charge is -2.11. The fraction of sp³-hybridized carbons (Fsp3) is 0.267. The Morgan fingerprint density at radius 2 is 1.90 bits per heavy atom. The lowest BCUT2D eigenvalue weighted by Crippen LogP contribution is -2.11. The molecule has 6 nitrogen and oxygen atoms in total. The van der Waals surface area contributed by atoms with Crippen LogP contribution in [0.4, 0.5) is 11.5 Å². The van der Waals surface area contributed by atoms with Gasteiger partial charge in [-0.25, -0.2) is 4.98 Å². The van der Waals surface area contributed by atoms with E-state index in [-0.39, 0.29) is 5.69 Å². The Morgan fingerprint density at radius 1 is 1.19 bits per heavy atom. The molecule has 0 unspecified atom stereocenters. The van der Waals surface area contributed by atoms with Crippen LogP contribution in [0.3, 0.4) is 0 Å². The highest BCUT2D eigenvalue weighted by atomic mass is 16.6. The molecule has 0 atom stereocenters. The number of benzene rings is 1. The number of nitro benzene ring substituents is 1. The van der Waals surface area contributed by atoms with Crippen molar-refractivity contribution >= 4 is 11.5 Å². The van der Waals surface area contributed by atoms with Crippen LogP contribution in [0.5, 0.6) is 0 Å². The minimum atomic E-state index is -0.399. The van der Waals surface area contributed by atoms with Gasteiger partial charge in [-0.1, -0.05) is 12.1 Å². The first-order valence-electron chi connectivity index (χ1n) is 6.61. The molecule has 0 aliphatic carbocycles. The lowest BCUT2D eigenvalue weighted by atomic mass is 10.2. The zero-order valence-electron chi connectivity index (χ0n) is 12.1. The molecule has 1 aromatic carbocycles. The monoisotopic (exact) mass is 286 g/mol. The van der Waals surface area contributed by atoms with E-state index in [1.54, 1.807) is 18.3 Å². The Bertz CT molecular complexity index is 611. The Balaban J connectivity index is 1.97. The number of aromatic nitrogens is 1. The Morgan fingerprint density at radius 3 is 2.52 bits per heavy atom. The highest BCUT2D eigenvalue weighted by molar-refractivity contribution is 5.40. The molecular weight excluding hydrogens is 268 g/mol. The topological polar surface area (TPSA) is 71.3 Å². The normalized spacial score (nSPS) is 10.6. The van der Waals surface area contributed by atoms with Crippen molar-refractivity contribution in [2.75, 3.05) is 19.4 Å². The Labute approximate surface area is 123 Å². The maximum atomic E-state index is 10.6. The third-order valence-corrected chi connectivity index (χ3v) is 2.94. The fourth-order valence-electron chi connectivity index (χ4n) is 1.96. The second kappa shape index (κ2) is 6.81. The molecule has 0 radical (unpaired) electrons. The van der Waals surface area contributed by atoms with Crippen molar-refractivity contribution in [3.63, 3.8) is 0 Å². The van der Waals surface area contributed by atoms with E-state index in [9.17, 15) is 10.1 Å². The zero-order chi connectivity index (χ0) is 15.2. The molecule has 2 rings (SSSR count).